The number of nitrogens with zero attached hydrogens (tertiary/aromatic N) is 5. The number of fused-ring (bicyclic) bond motifs is 1. The maximum absolute atomic E-state index is 12.3. The fourth-order valence-electron chi connectivity index (χ4n) is 4.88. The third-order valence-corrected chi connectivity index (χ3v) is 6.85. The molecule has 0 radical (unpaired) electrons. The molecule has 0 bridgehead atoms. The number of aromatic nitrogens is 4. The fourth-order valence-corrected chi connectivity index (χ4v) is 4.88. The second-order valence-corrected chi connectivity index (χ2v) is 9.28. The molecule has 8 heteroatoms. The number of carbonyl (C=O) groups is 1. The Hall–Kier alpha value is -4.38. The van der Waals surface area contributed by atoms with Gasteiger partial charge in [-0.1, -0.05) is 5.92 Å². The first-order valence-electron chi connectivity index (χ1n) is 12.2. The third-order valence-electron chi connectivity index (χ3n) is 6.85. The van der Waals surface area contributed by atoms with Gasteiger partial charge in [0.1, 0.15) is 11.6 Å². The maximum atomic E-state index is 12.3. The highest BCUT2D eigenvalue weighted by Gasteiger charge is 2.31. The number of carbonyl (C=O) groups excluding carboxylic acids is 1. The Balaban J connectivity index is 1.29. The number of hydrogen-bond acceptors (Lipinski definition) is 6. The lowest BCUT2D eigenvalue weighted by Gasteiger charge is -2.12. The van der Waals surface area contributed by atoms with Crippen LogP contribution in [0.1, 0.15) is 49.3 Å². The molecular formula is C28H26N6O2. The van der Waals surface area contributed by atoms with Crippen LogP contribution in [-0.2, 0) is 4.79 Å². The van der Waals surface area contributed by atoms with Crippen LogP contribution in [0.2, 0.25) is 0 Å². The highest BCUT2D eigenvalue weighted by molar-refractivity contribution is 5.93. The van der Waals surface area contributed by atoms with Crippen LogP contribution in [0.15, 0.2) is 54.9 Å². The summed E-state index contributed by atoms with van der Waals surface area (Å²) in [7, 11) is 0. The largest absolute Gasteiger partial charge is 0.439 e. The molecule has 1 unspecified atom stereocenters. The van der Waals surface area contributed by atoms with E-state index < -0.39 is 0 Å². The first kappa shape index (κ1) is 22.1. The lowest BCUT2D eigenvalue weighted by atomic mass is 10.0. The SMILES string of the molecule is CC#CC(=O)N1CCC(c2nc(-c3ccc(Oc4cc(C5CC5)ccn4)cc3)n3c(N)nccc23)C1. The van der Waals surface area contributed by atoms with Crippen LogP contribution >= 0.6 is 0 Å². The number of imidazole rings is 1. The van der Waals surface area contributed by atoms with E-state index >= 15 is 0 Å². The van der Waals surface area contributed by atoms with E-state index in [1.807, 2.05) is 40.8 Å². The number of nitrogens with two attached hydrogens (primary N) is 1. The van der Waals surface area contributed by atoms with E-state index in [9.17, 15) is 4.79 Å². The number of rotatable bonds is 5. The lowest BCUT2D eigenvalue weighted by Crippen LogP contribution is -2.26. The van der Waals surface area contributed by atoms with Gasteiger partial charge < -0.3 is 15.4 Å². The van der Waals surface area contributed by atoms with E-state index in [1.54, 1.807) is 24.2 Å². The molecule has 1 saturated carbocycles. The summed E-state index contributed by atoms with van der Waals surface area (Å²) in [6.07, 6.45) is 6.79. The summed E-state index contributed by atoms with van der Waals surface area (Å²) in [5, 5.41) is 0. The van der Waals surface area contributed by atoms with Gasteiger partial charge in [0.05, 0.1) is 11.2 Å². The number of ether oxygens (including phenoxy) is 1. The third kappa shape index (κ3) is 4.13. The van der Waals surface area contributed by atoms with Crippen molar-refractivity contribution in [1.29, 1.82) is 0 Å². The van der Waals surface area contributed by atoms with Crippen molar-refractivity contribution in [3.05, 3.63) is 66.1 Å². The average molecular weight is 479 g/mol. The number of benzene rings is 1. The molecule has 1 saturated heterocycles. The molecule has 36 heavy (non-hydrogen) atoms. The summed E-state index contributed by atoms with van der Waals surface area (Å²) in [4.78, 5) is 27.7. The molecule has 1 amide bonds. The molecule has 2 fully saturated rings. The molecule has 4 heterocycles. The summed E-state index contributed by atoms with van der Waals surface area (Å²) in [5.74, 6) is 8.31. The molecule has 1 aliphatic heterocycles. The van der Waals surface area contributed by atoms with Crippen molar-refractivity contribution in [3.63, 3.8) is 0 Å². The lowest BCUT2D eigenvalue weighted by molar-refractivity contribution is -0.124. The minimum Gasteiger partial charge on any atom is -0.439 e. The Bertz CT molecular complexity index is 1510. The molecule has 1 aliphatic carbocycles. The molecule has 3 aromatic heterocycles. The Kier molecular flexibility index (Phi) is 5.53. The first-order chi connectivity index (χ1) is 17.6. The molecule has 6 rings (SSSR count). The molecular weight excluding hydrogens is 452 g/mol. The van der Waals surface area contributed by atoms with Gasteiger partial charge in [0.25, 0.3) is 5.91 Å². The number of likely N-dealkylation sites (tertiary alicyclic amines) is 1. The normalized spacial score (nSPS) is 17.1. The van der Waals surface area contributed by atoms with E-state index in [0.29, 0.717) is 42.4 Å². The van der Waals surface area contributed by atoms with Crippen LogP contribution in [0.3, 0.4) is 0 Å². The molecule has 2 aliphatic rings. The smallest absolute Gasteiger partial charge is 0.298 e. The molecule has 2 N–H and O–H groups in total. The topological polar surface area (TPSA) is 98.6 Å². The van der Waals surface area contributed by atoms with Crippen molar-refractivity contribution >= 4 is 17.4 Å². The minimum atomic E-state index is -0.141. The first-order valence-corrected chi connectivity index (χ1v) is 12.2. The maximum Gasteiger partial charge on any atom is 0.298 e. The van der Waals surface area contributed by atoms with Crippen LogP contribution in [-0.4, -0.2) is 43.2 Å². The van der Waals surface area contributed by atoms with Gasteiger partial charge in [-0.3, -0.25) is 9.20 Å². The highest BCUT2D eigenvalue weighted by atomic mass is 16.5. The zero-order chi connectivity index (χ0) is 24.6. The molecule has 180 valence electrons. The summed E-state index contributed by atoms with van der Waals surface area (Å²) in [5.41, 5.74) is 10.3. The van der Waals surface area contributed by atoms with Gasteiger partial charge >= 0.3 is 0 Å². The molecule has 8 nitrogen and oxygen atoms in total. The van der Waals surface area contributed by atoms with Crippen LogP contribution in [0.4, 0.5) is 5.95 Å². The minimum absolute atomic E-state index is 0.102. The van der Waals surface area contributed by atoms with Gasteiger partial charge in [0.2, 0.25) is 11.8 Å². The molecule has 0 spiro atoms. The predicted molar refractivity (Wildman–Crippen MR) is 137 cm³/mol. The Morgan fingerprint density at radius 1 is 1.06 bits per heavy atom. The van der Waals surface area contributed by atoms with E-state index in [2.05, 4.69) is 27.9 Å². The second kappa shape index (κ2) is 9.00. The molecule has 1 aromatic carbocycles. The van der Waals surface area contributed by atoms with E-state index in [0.717, 1.165) is 23.2 Å². The van der Waals surface area contributed by atoms with Crippen molar-refractivity contribution in [2.24, 2.45) is 0 Å². The summed E-state index contributed by atoms with van der Waals surface area (Å²) in [6.45, 7) is 2.92. The zero-order valence-electron chi connectivity index (χ0n) is 20.0. The van der Waals surface area contributed by atoms with Gasteiger partial charge in [-0.2, -0.15) is 0 Å². The summed E-state index contributed by atoms with van der Waals surface area (Å²) >= 11 is 0. The standard InChI is InChI=1S/C28H26N6O2/c1-2-3-25(35)33-15-12-21(17-33)26-23-11-14-31-28(29)34(23)27(32-26)19-6-8-22(9-7-19)36-24-16-20(10-13-30-24)18-4-5-18/h6-11,13-14,16,18,21H,4-5,12,15,17H2,1H3,(H2,29,31). The molecule has 4 aromatic rings. The Labute approximate surface area is 209 Å². The molecule has 1 atom stereocenters. The Morgan fingerprint density at radius 2 is 1.86 bits per heavy atom. The average Bonchev–Trinajstić information content (AvgIpc) is 3.49. The van der Waals surface area contributed by atoms with E-state index in [1.165, 1.54) is 18.4 Å². The summed E-state index contributed by atoms with van der Waals surface area (Å²) in [6, 6.07) is 13.8. The van der Waals surface area contributed by atoms with Crippen molar-refractivity contribution in [3.8, 4) is 34.9 Å². The van der Waals surface area contributed by atoms with E-state index in [4.69, 9.17) is 15.5 Å². The van der Waals surface area contributed by atoms with Crippen LogP contribution in [0.5, 0.6) is 11.6 Å². The van der Waals surface area contributed by atoms with Gasteiger partial charge in [-0.25, -0.2) is 15.0 Å². The van der Waals surface area contributed by atoms with Gasteiger partial charge in [-0.15, -0.1) is 0 Å². The number of amides is 1. The van der Waals surface area contributed by atoms with Crippen molar-refractivity contribution in [1.82, 2.24) is 24.3 Å². The van der Waals surface area contributed by atoms with Crippen LogP contribution in [0, 0.1) is 11.8 Å². The number of pyridine rings is 1. The zero-order valence-corrected chi connectivity index (χ0v) is 20.0. The summed E-state index contributed by atoms with van der Waals surface area (Å²) < 4.78 is 7.89. The van der Waals surface area contributed by atoms with Crippen LogP contribution in [0.25, 0.3) is 16.9 Å². The van der Waals surface area contributed by atoms with E-state index in [-0.39, 0.29) is 11.8 Å². The Morgan fingerprint density at radius 3 is 2.64 bits per heavy atom. The second-order valence-electron chi connectivity index (χ2n) is 9.28. The predicted octanol–water partition coefficient (Wildman–Crippen LogP) is 4.38. The van der Waals surface area contributed by atoms with Gasteiger partial charge in [0.15, 0.2) is 0 Å². The monoisotopic (exact) mass is 478 g/mol. The fraction of sp³-hybridized carbons (Fsp3) is 0.286. The highest BCUT2D eigenvalue weighted by Crippen LogP contribution is 2.41. The number of hydrogen-bond donors (Lipinski definition) is 1. The van der Waals surface area contributed by atoms with Crippen molar-refractivity contribution in [2.45, 2.75) is 38.0 Å². The number of anilines is 1. The van der Waals surface area contributed by atoms with Crippen molar-refractivity contribution in [2.75, 3.05) is 18.8 Å². The van der Waals surface area contributed by atoms with Crippen molar-refractivity contribution < 1.29 is 9.53 Å². The number of nitrogen functional groups attached to an aromatic ring is 1. The van der Waals surface area contributed by atoms with Gasteiger partial charge in [0, 0.05) is 43.0 Å². The quantitative estimate of drug-likeness (QED) is 0.428. The van der Waals surface area contributed by atoms with Gasteiger partial charge in [-0.05, 0) is 80.0 Å². The van der Waals surface area contributed by atoms with Crippen LogP contribution < -0.4 is 10.5 Å².